The Morgan fingerprint density at radius 3 is 2.04 bits per heavy atom. The number of halogens is 1. The maximum absolute atomic E-state index is 11.9. The number of esters is 1. The van der Waals surface area contributed by atoms with Crippen molar-refractivity contribution in [2.24, 2.45) is 0 Å². The molecule has 1 aromatic rings. The van der Waals surface area contributed by atoms with Crippen molar-refractivity contribution in [2.45, 2.75) is 58.2 Å². The van der Waals surface area contributed by atoms with Crippen molar-refractivity contribution in [3.05, 3.63) is 46.5 Å². The SMILES string of the molecule is CC(C)[Si](OC/C(Br)=C/COC(=O)c1ccccc1)(C(C)C)C(C)C. The van der Waals surface area contributed by atoms with Crippen LogP contribution in [0.15, 0.2) is 40.9 Å². The highest BCUT2D eigenvalue weighted by molar-refractivity contribution is 9.11. The maximum atomic E-state index is 11.9. The number of ether oxygens (including phenoxy) is 1. The summed E-state index contributed by atoms with van der Waals surface area (Å²) in [6, 6.07) is 9.02. The Labute approximate surface area is 162 Å². The normalized spacial score (nSPS) is 13.0. The Morgan fingerprint density at radius 1 is 1.04 bits per heavy atom. The highest BCUT2D eigenvalue weighted by Gasteiger charge is 2.44. The Morgan fingerprint density at radius 2 is 1.56 bits per heavy atom. The van der Waals surface area contributed by atoms with Gasteiger partial charge in [-0.15, -0.1) is 0 Å². The molecule has 0 aliphatic heterocycles. The van der Waals surface area contributed by atoms with Crippen molar-refractivity contribution in [3.63, 3.8) is 0 Å². The van der Waals surface area contributed by atoms with Gasteiger partial charge in [0, 0.05) is 4.48 Å². The van der Waals surface area contributed by atoms with E-state index < -0.39 is 8.32 Å². The quantitative estimate of drug-likeness (QED) is 0.342. The Hall–Kier alpha value is -0.913. The molecule has 0 aliphatic rings. The van der Waals surface area contributed by atoms with Gasteiger partial charge in [0.15, 0.2) is 0 Å². The highest BCUT2D eigenvalue weighted by atomic mass is 79.9. The predicted molar refractivity (Wildman–Crippen MR) is 111 cm³/mol. The number of rotatable bonds is 9. The summed E-state index contributed by atoms with van der Waals surface area (Å²) >= 11 is 3.55. The number of hydrogen-bond donors (Lipinski definition) is 0. The van der Waals surface area contributed by atoms with Crippen LogP contribution < -0.4 is 0 Å². The number of carbonyl (C=O) groups is 1. The standard InChI is InChI=1S/C20H31BrO3Si/c1-15(2)25(16(3)4,17(5)6)24-14-19(21)12-13-23-20(22)18-10-8-7-9-11-18/h7-12,15-17H,13-14H2,1-6H3/b19-12-. The molecule has 0 atom stereocenters. The fraction of sp³-hybridized carbons (Fsp3) is 0.550. The van der Waals surface area contributed by atoms with E-state index in [0.29, 0.717) is 28.8 Å². The van der Waals surface area contributed by atoms with Crippen LogP contribution in [0.3, 0.4) is 0 Å². The third kappa shape index (κ3) is 6.08. The highest BCUT2D eigenvalue weighted by Crippen LogP contribution is 2.42. The third-order valence-electron chi connectivity index (χ3n) is 4.70. The van der Waals surface area contributed by atoms with E-state index in [1.165, 1.54) is 0 Å². The Balaban J connectivity index is 2.61. The molecule has 0 saturated carbocycles. The van der Waals surface area contributed by atoms with Gasteiger partial charge >= 0.3 is 5.97 Å². The van der Waals surface area contributed by atoms with Gasteiger partial charge < -0.3 is 9.16 Å². The van der Waals surface area contributed by atoms with Crippen LogP contribution >= 0.6 is 15.9 Å². The molecule has 0 aliphatic carbocycles. The summed E-state index contributed by atoms with van der Waals surface area (Å²) in [5.74, 6) is -0.312. The second kappa shape index (κ2) is 10.3. The first-order valence-electron chi connectivity index (χ1n) is 8.92. The van der Waals surface area contributed by atoms with Crippen molar-refractivity contribution in [2.75, 3.05) is 13.2 Å². The summed E-state index contributed by atoms with van der Waals surface area (Å²) in [7, 11) is -1.88. The van der Waals surface area contributed by atoms with E-state index >= 15 is 0 Å². The summed E-state index contributed by atoms with van der Waals surface area (Å²) in [6.45, 7) is 14.4. The first-order chi connectivity index (χ1) is 11.7. The van der Waals surface area contributed by atoms with Gasteiger partial charge in [0.05, 0.1) is 12.2 Å². The van der Waals surface area contributed by atoms with Gasteiger partial charge in [-0.25, -0.2) is 4.79 Å². The van der Waals surface area contributed by atoms with Crippen LogP contribution in [0.2, 0.25) is 16.6 Å². The predicted octanol–water partition coefficient (Wildman–Crippen LogP) is 6.31. The average Bonchev–Trinajstić information content (AvgIpc) is 2.55. The molecule has 140 valence electrons. The lowest BCUT2D eigenvalue weighted by molar-refractivity contribution is 0.0549. The maximum Gasteiger partial charge on any atom is 0.338 e. The van der Waals surface area contributed by atoms with Gasteiger partial charge in [0.25, 0.3) is 0 Å². The van der Waals surface area contributed by atoms with E-state index in [9.17, 15) is 4.79 Å². The van der Waals surface area contributed by atoms with Crippen LogP contribution in [0.4, 0.5) is 0 Å². The topological polar surface area (TPSA) is 35.5 Å². The molecule has 0 radical (unpaired) electrons. The molecule has 0 heterocycles. The number of carbonyl (C=O) groups excluding carboxylic acids is 1. The van der Waals surface area contributed by atoms with Gasteiger partial charge in [-0.05, 0) is 34.8 Å². The van der Waals surface area contributed by atoms with E-state index in [-0.39, 0.29) is 12.6 Å². The van der Waals surface area contributed by atoms with Crippen molar-refractivity contribution in [1.82, 2.24) is 0 Å². The lowest BCUT2D eigenvalue weighted by atomic mass is 10.2. The first kappa shape index (κ1) is 22.1. The summed E-state index contributed by atoms with van der Waals surface area (Å²) in [4.78, 5) is 11.9. The molecule has 0 saturated heterocycles. The van der Waals surface area contributed by atoms with E-state index in [4.69, 9.17) is 9.16 Å². The van der Waals surface area contributed by atoms with Crippen molar-refractivity contribution < 1.29 is 14.0 Å². The van der Waals surface area contributed by atoms with Gasteiger partial charge in [-0.2, -0.15) is 0 Å². The van der Waals surface area contributed by atoms with E-state index in [1.807, 2.05) is 24.3 Å². The molecular formula is C20H31BrO3Si. The van der Waals surface area contributed by atoms with Gasteiger partial charge in [-0.1, -0.05) is 75.7 Å². The average molecular weight is 427 g/mol. The lowest BCUT2D eigenvalue weighted by Crippen LogP contribution is -2.48. The monoisotopic (exact) mass is 426 g/mol. The van der Waals surface area contributed by atoms with Gasteiger partial charge in [0.1, 0.15) is 6.61 Å². The summed E-state index contributed by atoms with van der Waals surface area (Å²) in [6.07, 6.45) is 1.86. The molecule has 25 heavy (non-hydrogen) atoms. The van der Waals surface area contributed by atoms with Crippen molar-refractivity contribution in [1.29, 1.82) is 0 Å². The largest absolute Gasteiger partial charge is 0.458 e. The summed E-state index contributed by atoms with van der Waals surface area (Å²) in [5, 5.41) is 0. The molecule has 0 unspecified atom stereocenters. The van der Waals surface area contributed by atoms with E-state index in [2.05, 4.69) is 57.5 Å². The van der Waals surface area contributed by atoms with Crippen LogP contribution in [0.25, 0.3) is 0 Å². The van der Waals surface area contributed by atoms with Crippen LogP contribution in [-0.4, -0.2) is 27.5 Å². The van der Waals surface area contributed by atoms with Crippen LogP contribution in [0.5, 0.6) is 0 Å². The number of benzene rings is 1. The molecule has 0 aromatic heterocycles. The van der Waals surface area contributed by atoms with Crippen molar-refractivity contribution >= 4 is 30.2 Å². The minimum absolute atomic E-state index is 0.233. The minimum atomic E-state index is -1.88. The summed E-state index contributed by atoms with van der Waals surface area (Å²) in [5.41, 5.74) is 2.20. The van der Waals surface area contributed by atoms with Crippen LogP contribution in [0.1, 0.15) is 51.9 Å². The van der Waals surface area contributed by atoms with Crippen LogP contribution in [0, 0.1) is 0 Å². The van der Waals surface area contributed by atoms with E-state index in [1.54, 1.807) is 12.1 Å². The fourth-order valence-corrected chi connectivity index (χ4v) is 9.48. The zero-order valence-corrected chi connectivity index (χ0v) is 18.8. The van der Waals surface area contributed by atoms with Gasteiger partial charge in [-0.3, -0.25) is 0 Å². The molecule has 0 amide bonds. The first-order valence-corrected chi connectivity index (χ1v) is 11.9. The molecule has 0 bridgehead atoms. The minimum Gasteiger partial charge on any atom is -0.458 e. The molecular weight excluding hydrogens is 396 g/mol. The van der Waals surface area contributed by atoms with Crippen molar-refractivity contribution in [3.8, 4) is 0 Å². The lowest BCUT2D eigenvalue weighted by Gasteiger charge is -2.42. The number of hydrogen-bond acceptors (Lipinski definition) is 3. The second-order valence-electron chi connectivity index (χ2n) is 7.22. The molecule has 1 rings (SSSR count). The fourth-order valence-electron chi connectivity index (χ4n) is 3.62. The Kier molecular flexibility index (Phi) is 9.11. The third-order valence-corrected chi connectivity index (χ3v) is 11.3. The van der Waals surface area contributed by atoms with Crippen LogP contribution in [-0.2, 0) is 9.16 Å². The molecule has 5 heteroatoms. The molecule has 1 aromatic carbocycles. The summed E-state index contributed by atoms with van der Waals surface area (Å²) < 4.78 is 12.7. The zero-order valence-electron chi connectivity index (χ0n) is 16.2. The smallest absolute Gasteiger partial charge is 0.338 e. The second-order valence-corrected chi connectivity index (χ2v) is 13.7. The Bertz CT molecular complexity index is 546. The molecule has 0 fully saturated rings. The molecule has 0 spiro atoms. The van der Waals surface area contributed by atoms with E-state index in [0.717, 1.165) is 4.48 Å². The zero-order chi connectivity index (χ0) is 19.0. The molecule has 0 N–H and O–H groups in total. The van der Waals surface area contributed by atoms with Gasteiger partial charge in [0.2, 0.25) is 8.32 Å². The molecule has 3 nitrogen and oxygen atoms in total.